The van der Waals surface area contributed by atoms with Crippen molar-refractivity contribution in [2.24, 2.45) is 7.05 Å². The maximum Gasteiger partial charge on any atom is 0.129 e. The average Bonchev–Trinajstić information content (AvgIpc) is 2.76. The first kappa shape index (κ1) is 14.4. The Hall–Kier alpha value is -2.01. The largest absolute Gasteiger partial charge is 0.496 e. The molecule has 5 nitrogen and oxygen atoms in total. The lowest BCUT2D eigenvalue weighted by molar-refractivity contribution is 0.411. The van der Waals surface area contributed by atoms with Gasteiger partial charge in [-0.2, -0.15) is 5.10 Å². The minimum Gasteiger partial charge on any atom is -0.496 e. The minimum atomic E-state index is 0.646. The highest BCUT2D eigenvalue weighted by atomic mass is 16.5. The number of aryl methyl sites for hydroxylation is 1. The van der Waals surface area contributed by atoms with Gasteiger partial charge in [-0.15, -0.1) is 0 Å². The van der Waals surface area contributed by atoms with Crippen LogP contribution in [-0.2, 0) is 13.5 Å². The van der Waals surface area contributed by atoms with Crippen LogP contribution >= 0.6 is 0 Å². The second-order valence-electron chi connectivity index (χ2n) is 5.16. The molecule has 0 atom stereocenters. The third-order valence-corrected chi connectivity index (χ3v) is 3.39. The van der Waals surface area contributed by atoms with E-state index in [1.165, 1.54) is 5.56 Å². The van der Waals surface area contributed by atoms with Gasteiger partial charge in [0.05, 0.1) is 13.3 Å². The zero-order valence-corrected chi connectivity index (χ0v) is 12.6. The Morgan fingerprint density at radius 2 is 2.05 bits per heavy atom. The van der Waals surface area contributed by atoms with Gasteiger partial charge >= 0.3 is 0 Å². The van der Waals surface area contributed by atoms with Crippen LogP contribution in [0.5, 0.6) is 5.75 Å². The number of ether oxygens (including phenoxy) is 1. The van der Waals surface area contributed by atoms with E-state index in [-0.39, 0.29) is 0 Å². The number of benzene rings is 1. The fourth-order valence-corrected chi connectivity index (χ4v) is 2.13. The van der Waals surface area contributed by atoms with Gasteiger partial charge in [0.2, 0.25) is 0 Å². The summed E-state index contributed by atoms with van der Waals surface area (Å²) in [4.78, 5) is 2.17. The predicted molar refractivity (Wildman–Crippen MR) is 81.9 cm³/mol. The van der Waals surface area contributed by atoms with E-state index < -0.39 is 0 Å². The van der Waals surface area contributed by atoms with E-state index in [0.29, 0.717) is 5.82 Å². The summed E-state index contributed by atoms with van der Waals surface area (Å²) in [6.07, 6.45) is 2.77. The summed E-state index contributed by atoms with van der Waals surface area (Å²) in [5.41, 5.74) is 9.24. The molecule has 2 aromatic rings. The third-order valence-electron chi connectivity index (χ3n) is 3.39. The SMILES string of the molecule is COc1ccc(CCN(C)C)cc1-c1cnn(C)c1N. The van der Waals surface area contributed by atoms with Gasteiger partial charge in [-0.1, -0.05) is 6.07 Å². The molecule has 2 rings (SSSR count). The second kappa shape index (κ2) is 5.96. The lowest BCUT2D eigenvalue weighted by Crippen LogP contribution is -2.15. The molecule has 1 aromatic carbocycles. The Kier molecular flexibility index (Phi) is 4.29. The maximum absolute atomic E-state index is 6.07. The number of hydrogen-bond acceptors (Lipinski definition) is 4. The topological polar surface area (TPSA) is 56.3 Å². The van der Waals surface area contributed by atoms with Crippen molar-refractivity contribution >= 4 is 5.82 Å². The number of methoxy groups -OCH3 is 1. The van der Waals surface area contributed by atoms with Crippen molar-refractivity contribution in [2.75, 3.05) is 33.5 Å². The molecule has 108 valence electrons. The molecule has 2 N–H and O–H groups in total. The van der Waals surface area contributed by atoms with Gasteiger partial charge < -0.3 is 15.4 Å². The molecule has 0 amide bonds. The number of nitrogen functional groups attached to an aromatic ring is 1. The van der Waals surface area contributed by atoms with E-state index >= 15 is 0 Å². The van der Waals surface area contributed by atoms with Crippen molar-refractivity contribution in [1.29, 1.82) is 0 Å². The van der Waals surface area contributed by atoms with Crippen LogP contribution in [0.25, 0.3) is 11.1 Å². The number of aromatic nitrogens is 2. The number of hydrogen-bond donors (Lipinski definition) is 1. The minimum absolute atomic E-state index is 0.646. The number of nitrogens with zero attached hydrogens (tertiary/aromatic N) is 3. The molecule has 1 heterocycles. The second-order valence-corrected chi connectivity index (χ2v) is 5.16. The third kappa shape index (κ3) is 2.93. The molecule has 0 bridgehead atoms. The van der Waals surface area contributed by atoms with E-state index in [2.05, 4.69) is 36.2 Å². The lowest BCUT2D eigenvalue weighted by Gasteiger charge is -2.13. The first-order chi connectivity index (χ1) is 9.52. The zero-order valence-electron chi connectivity index (χ0n) is 12.6. The van der Waals surface area contributed by atoms with Gasteiger partial charge in [0.15, 0.2) is 0 Å². The molecule has 0 saturated heterocycles. The van der Waals surface area contributed by atoms with Gasteiger partial charge in [0.1, 0.15) is 11.6 Å². The Bertz CT molecular complexity index is 590. The first-order valence-corrected chi connectivity index (χ1v) is 6.62. The smallest absolute Gasteiger partial charge is 0.129 e. The van der Waals surface area contributed by atoms with E-state index in [9.17, 15) is 0 Å². The van der Waals surface area contributed by atoms with Crippen LogP contribution < -0.4 is 10.5 Å². The van der Waals surface area contributed by atoms with Crippen LogP contribution in [0.4, 0.5) is 5.82 Å². The Balaban J connectivity index is 2.39. The van der Waals surface area contributed by atoms with Crippen LogP contribution in [0.3, 0.4) is 0 Å². The predicted octanol–water partition coefficient (Wildman–Crippen LogP) is 1.78. The molecule has 0 aliphatic carbocycles. The Labute approximate surface area is 119 Å². The lowest BCUT2D eigenvalue weighted by atomic mass is 10.0. The first-order valence-electron chi connectivity index (χ1n) is 6.62. The van der Waals surface area contributed by atoms with Gasteiger partial charge in [-0.05, 0) is 38.2 Å². The summed E-state index contributed by atoms with van der Waals surface area (Å²) in [6.45, 7) is 1.01. The standard InChI is InChI=1S/C15H22N4O/c1-18(2)8-7-11-5-6-14(20-4)12(9-11)13-10-17-19(3)15(13)16/h5-6,9-10H,7-8,16H2,1-4H3. The van der Waals surface area contributed by atoms with Gasteiger partial charge in [0.25, 0.3) is 0 Å². The molecule has 0 aliphatic rings. The van der Waals surface area contributed by atoms with Crippen LogP contribution in [0.1, 0.15) is 5.56 Å². The normalized spacial score (nSPS) is 11.1. The van der Waals surface area contributed by atoms with Crippen molar-refractivity contribution in [2.45, 2.75) is 6.42 Å². The van der Waals surface area contributed by atoms with Gasteiger partial charge in [0, 0.05) is 24.7 Å². The number of anilines is 1. The molecule has 1 aromatic heterocycles. The summed E-state index contributed by atoms with van der Waals surface area (Å²) in [5, 5.41) is 4.20. The van der Waals surface area contributed by atoms with Crippen molar-refractivity contribution in [3.8, 4) is 16.9 Å². The van der Waals surface area contributed by atoms with Crippen LogP contribution in [0, 0.1) is 0 Å². The van der Waals surface area contributed by atoms with E-state index in [0.717, 1.165) is 29.8 Å². The van der Waals surface area contributed by atoms with Gasteiger partial charge in [-0.25, -0.2) is 0 Å². The van der Waals surface area contributed by atoms with Crippen LogP contribution in [-0.4, -0.2) is 42.4 Å². The highest BCUT2D eigenvalue weighted by Crippen LogP contribution is 2.34. The summed E-state index contributed by atoms with van der Waals surface area (Å²) < 4.78 is 7.11. The van der Waals surface area contributed by atoms with Crippen molar-refractivity contribution < 1.29 is 4.74 Å². The molecule has 5 heteroatoms. The van der Waals surface area contributed by atoms with Crippen molar-refractivity contribution in [3.63, 3.8) is 0 Å². The fraction of sp³-hybridized carbons (Fsp3) is 0.400. The maximum atomic E-state index is 6.07. The molecule has 0 fully saturated rings. The quantitative estimate of drug-likeness (QED) is 0.903. The van der Waals surface area contributed by atoms with Crippen molar-refractivity contribution in [1.82, 2.24) is 14.7 Å². The fourth-order valence-electron chi connectivity index (χ4n) is 2.13. The number of rotatable bonds is 5. The summed E-state index contributed by atoms with van der Waals surface area (Å²) in [7, 11) is 7.65. The molecule has 0 spiro atoms. The summed E-state index contributed by atoms with van der Waals surface area (Å²) in [5.74, 6) is 1.46. The van der Waals surface area contributed by atoms with E-state index in [1.807, 2.05) is 13.1 Å². The molecule has 0 saturated carbocycles. The molecule has 0 radical (unpaired) electrons. The Morgan fingerprint density at radius 3 is 2.60 bits per heavy atom. The highest BCUT2D eigenvalue weighted by Gasteiger charge is 2.13. The molecule has 20 heavy (non-hydrogen) atoms. The molecule has 0 aliphatic heterocycles. The Morgan fingerprint density at radius 1 is 1.30 bits per heavy atom. The molecular formula is C15H22N4O. The zero-order chi connectivity index (χ0) is 14.7. The average molecular weight is 274 g/mol. The summed E-state index contributed by atoms with van der Waals surface area (Å²) >= 11 is 0. The van der Waals surface area contributed by atoms with Gasteiger partial charge in [-0.3, -0.25) is 4.68 Å². The van der Waals surface area contributed by atoms with Crippen LogP contribution in [0.2, 0.25) is 0 Å². The van der Waals surface area contributed by atoms with Crippen molar-refractivity contribution in [3.05, 3.63) is 30.0 Å². The molecular weight excluding hydrogens is 252 g/mol. The van der Waals surface area contributed by atoms with E-state index in [4.69, 9.17) is 10.5 Å². The summed E-state index contributed by atoms with van der Waals surface area (Å²) in [6, 6.07) is 6.22. The molecule has 0 unspecified atom stereocenters. The number of likely N-dealkylation sites (N-methyl/N-ethyl adjacent to an activating group) is 1. The van der Waals surface area contributed by atoms with Crippen LogP contribution in [0.15, 0.2) is 24.4 Å². The monoisotopic (exact) mass is 274 g/mol. The number of nitrogens with two attached hydrogens (primary N) is 1. The van der Waals surface area contributed by atoms with E-state index in [1.54, 1.807) is 18.0 Å². The highest BCUT2D eigenvalue weighted by molar-refractivity contribution is 5.78.